The molecule has 0 amide bonds. The largest absolute Gasteiger partial charge is 0.280 e. The monoisotopic (exact) mass is 486 g/mol. The number of aliphatic imine (C=N–C) groups is 1. The van der Waals surface area contributed by atoms with Crippen LogP contribution in [0.15, 0.2) is 99.7 Å². The fourth-order valence-electron chi connectivity index (χ4n) is 4.25. The molecular weight excluding hydrogens is 460 g/mol. The van der Waals surface area contributed by atoms with Crippen LogP contribution in [0.4, 0.5) is 5.69 Å². The molecule has 0 saturated carbocycles. The highest BCUT2D eigenvalue weighted by Gasteiger charge is 2.28. The first kappa shape index (κ1) is 22.7. The highest BCUT2D eigenvalue weighted by atomic mass is 32.2. The quantitative estimate of drug-likeness (QED) is 0.344. The molecule has 1 aliphatic heterocycles. The summed E-state index contributed by atoms with van der Waals surface area (Å²) in [5, 5.41) is 3.51. The van der Waals surface area contributed by atoms with E-state index in [2.05, 4.69) is 55.0 Å². The molecular formula is C28H26N2O2S2. The molecule has 1 N–H and O–H groups in total. The molecule has 0 atom stereocenters. The summed E-state index contributed by atoms with van der Waals surface area (Å²) < 4.78 is 28.1. The van der Waals surface area contributed by atoms with Crippen molar-refractivity contribution in [3.63, 3.8) is 0 Å². The van der Waals surface area contributed by atoms with Crippen molar-refractivity contribution in [3.05, 3.63) is 102 Å². The highest BCUT2D eigenvalue weighted by Crippen LogP contribution is 2.37. The average Bonchev–Trinajstić information content (AvgIpc) is 2.80. The maximum absolute atomic E-state index is 12.7. The Morgan fingerprint density at radius 1 is 0.882 bits per heavy atom. The number of sulfonamides is 1. The Morgan fingerprint density at radius 3 is 2.32 bits per heavy atom. The van der Waals surface area contributed by atoms with Crippen molar-refractivity contribution in [3.8, 4) is 0 Å². The van der Waals surface area contributed by atoms with E-state index in [1.807, 2.05) is 19.1 Å². The van der Waals surface area contributed by atoms with Crippen LogP contribution in [0.2, 0.25) is 0 Å². The van der Waals surface area contributed by atoms with E-state index in [-0.39, 0.29) is 10.4 Å². The summed E-state index contributed by atoms with van der Waals surface area (Å²) in [6.45, 7) is 6.27. The molecule has 34 heavy (non-hydrogen) atoms. The van der Waals surface area contributed by atoms with E-state index in [0.29, 0.717) is 5.69 Å². The summed E-state index contributed by atoms with van der Waals surface area (Å²) in [5.74, 6) is 0. The lowest BCUT2D eigenvalue weighted by Crippen LogP contribution is -2.28. The highest BCUT2D eigenvalue weighted by molar-refractivity contribution is 8.14. The zero-order chi connectivity index (χ0) is 23.9. The molecule has 1 aliphatic rings. The summed E-state index contributed by atoms with van der Waals surface area (Å²) in [6, 6.07) is 27.1. The Labute approximate surface area is 205 Å². The molecule has 4 aromatic rings. The van der Waals surface area contributed by atoms with Crippen LogP contribution in [-0.2, 0) is 16.4 Å². The van der Waals surface area contributed by atoms with Crippen LogP contribution in [0.1, 0.15) is 30.5 Å². The van der Waals surface area contributed by atoms with Gasteiger partial charge in [-0.2, -0.15) is 0 Å². The number of rotatable bonds is 4. The number of anilines is 1. The third kappa shape index (κ3) is 4.61. The van der Waals surface area contributed by atoms with Gasteiger partial charge >= 0.3 is 0 Å². The van der Waals surface area contributed by atoms with E-state index >= 15 is 0 Å². The predicted molar refractivity (Wildman–Crippen MR) is 143 cm³/mol. The summed E-state index contributed by atoms with van der Waals surface area (Å²) >= 11 is 1.62. The van der Waals surface area contributed by atoms with E-state index in [0.717, 1.165) is 21.9 Å². The normalized spacial score (nSPS) is 15.0. The van der Waals surface area contributed by atoms with E-state index in [4.69, 9.17) is 4.99 Å². The van der Waals surface area contributed by atoms with Gasteiger partial charge in [-0.15, -0.1) is 0 Å². The standard InChI is InChI=1S/C28H26N2O2S2/c1-19-8-15-23(16-9-19)34(31,32)30-21-11-13-22(14-12-21)33-27-25-17-10-20-6-4-5-7-24(20)26(25)18-28(2,3)29-27/h4-17,30H,18H2,1-3H3. The van der Waals surface area contributed by atoms with Gasteiger partial charge in [0.05, 0.1) is 10.4 Å². The van der Waals surface area contributed by atoms with Crippen molar-refractivity contribution in [2.24, 2.45) is 4.99 Å². The van der Waals surface area contributed by atoms with E-state index in [1.54, 1.807) is 48.2 Å². The molecule has 1 heterocycles. The van der Waals surface area contributed by atoms with Gasteiger partial charge in [-0.3, -0.25) is 9.71 Å². The molecule has 0 aromatic heterocycles. The van der Waals surface area contributed by atoms with Gasteiger partial charge < -0.3 is 0 Å². The second-order valence-corrected chi connectivity index (χ2v) is 12.0. The summed E-state index contributed by atoms with van der Waals surface area (Å²) in [7, 11) is -3.63. The second kappa shape index (κ2) is 8.60. The number of nitrogens with one attached hydrogen (secondary N) is 1. The van der Waals surface area contributed by atoms with Gasteiger partial charge in [0.25, 0.3) is 10.0 Å². The Balaban J connectivity index is 1.40. The average molecular weight is 487 g/mol. The lowest BCUT2D eigenvalue weighted by atomic mass is 9.86. The van der Waals surface area contributed by atoms with Crippen molar-refractivity contribution in [2.45, 2.75) is 42.5 Å². The van der Waals surface area contributed by atoms with Gasteiger partial charge in [-0.1, -0.05) is 65.9 Å². The van der Waals surface area contributed by atoms with Gasteiger partial charge in [0.2, 0.25) is 0 Å². The second-order valence-electron chi connectivity index (χ2n) is 9.26. The number of benzene rings is 4. The van der Waals surface area contributed by atoms with Crippen LogP contribution in [0, 0.1) is 6.92 Å². The van der Waals surface area contributed by atoms with Gasteiger partial charge in [0.1, 0.15) is 5.04 Å². The number of nitrogens with zero attached hydrogens (tertiary/aromatic N) is 1. The van der Waals surface area contributed by atoms with Gasteiger partial charge in [0.15, 0.2) is 0 Å². The molecule has 172 valence electrons. The van der Waals surface area contributed by atoms with Crippen LogP contribution in [0.25, 0.3) is 10.8 Å². The Bertz CT molecular complexity index is 1500. The Hall–Kier alpha value is -3.09. The van der Waals surface area contributed by atoms with Crippen LogP contribution in [0.3, 0.4) is 0 Å². The predicted octanol–water partition coefficient (Wildman–Crippen LogP) is 6.82. The van der Waals surface area contributed by atoms with Crippen molar-refractivity contribution in [2.75, 3.05) is 4.72 Å². The van der Waals surface area contributed by atoms with Crippen LogP contribution in [-0.4, -0.2) is 19.0 Å². The molecule has 5 rings (SSSR count). The Kier molecular flexibility index (Phi) is 5.74. The molecule has 0 spiro atoms. The molecule has 0 radical (unpaired) electrons. The van der Waals surface area contributed by atoms with Crippen molar-refractivity contribution < 1.29 is 8.42 Å². The lowest BCUT2D eigenvalue weighted by Gasteiger charge is -2.29. The third-order valence-corrected chi connectivity index (χ3v) is 8.35. The minimum atomic E-state index is -3.63. The number of thioether (sulfide) groups is 1. The molecule has 4 aromatic carbocycles. The molecule has 4 nitrogen and oxygen atoms in total. The maximum atomic E-state index is 12.7. The molecule has 0 unspecified atom stereocenters. The van der Waals surface area contributed by atoms with Gasteiger partial charge in [-0.05, 0) is 79.9 Å². The van der Waals surface area contributed by atoms with Gasteiger partial charge in [-0.25, -0.2) is 8.42 Å². The lowest BCUT2D eigenvalue weighted by molar-refractivity contribution is 0.517. The zero-order valence-electron chi connectivity index (χ0n) is 19.4. The van der Waals surface area contributed by atoms with Crippen molar-refractivity contribution in [1.29, 1.82) is 0 Å². The number of fused-ring (bicyclic) bond motifs is 3. The van der Waals surface area contributed by atoms with Gasteiger partial charge in [0, 0.05) is 16.1 Å². The van der Waals surface area contributed by atoms with E-state index in [1.165, 1.54) is 21.9 Å². The molecule has 6 heteroatoms. The van der Waals surface area contributed by atoms with Crippen LogP contribution >= 0.6 is 11.8 Å². The first-order chi connectivity index (χ1) is 16.2. The first-order valence-electron chi connectivity index (χ1n) is 11.2. The SMILES string of the molecule is Cc1ccc(S(=O)(=O)Nc2ccc(SC3=NC(C)(C)Cc4c3ccc3ccccc43)cc2)cc1. The maximum Gasteiger partial charge on any atom is 0.261 e. The fraction of sp³-hybridized carbons (Fsp3) is 0.179. The van der Waals surface area contributed by atoms with Crippen LogP contribution in [0.5, 0.6) is 0 Å². The van der Waals surface area contributed by atoms with Crippen LogP contribution < -0.4 is 4.72 Å². The topological polar surface area (TPSA) is 58.5 Å². The van der Waals surface area contributed by atoms with Crippen molar-refractivity contribution >= 4 is 43.3 Å². The third-order valence-electron chi connectivity index (χ3n) is 5.94. The summed E-state index contributed by atoms with van der Waals surface area (Å²) in [5.41, 5.74) is 3.87. The minimum Gasteiger partial charge on any atom is -0.280 e. The number of hydrogen-bond acceptors (Lipinski definition) is 4. The summed E-state index contributed by atoms with van der Waals surface area (Å²) in [4.78, 5) is 6.31. The van der Waals surface area contributed by atoms with E-state index < -0.39 is 10.0 Å². The van der Waals surface area contributed by atoms with E-state index in [9.17, 15) is 8.42 Å². The number of aryl methyl sites for hydroxylation is 1. The van der Waals surface area contributed by atoms with Crippen molar-refractivity contribution in [1.82, 2.24) is 0 Å². The molecule has 0 bridgehead atoms. The molecule has 0 aliphatic carbocycles. The minimum absolute atomic E-state index is 0.191. The zero-order valence-corrected chi connectivity index (χ0v) is 21.0. The Morgan fingerprint density at radius 2 is 1.59 bits per heavy atom. The fourth-order valence-corrected chi connectivity index (χ4v) is 6.39. The smallest absolute Gasteiger partial charge is 0.261 e. The molecule has 0 saturated heterocycles. The summed E-state index contributed by atoms with van der Waals surface area (Å²) in [6.07, 6.45) is 0.896. The first-order valence-corrected chi connectivity index (χ1v) is 13.5. The molecule has 0 fully saturated rings. The number of hydrogen-bond donors (Lipinski definition) is 1.